The van der Waals surface area contributed by atoms with Crippen LogP contribution in [0.1, 0.15) is 5.69 Å². The lowest BCUT2D eigenvalue weighted by molar-refractivity contribution is -0.117. The van der Waals surface area contributed by atoms with Crippen LogP contribution in [0.2, 0.25) is 0 Å². The summed E-state index contributed by atoms with van der Waals surface area (Å²) >= 11 is 0. The molecule has 102 valence electrons. The molecule has 2 aromatic heterocycles. The number of anilines is 1. The summed E-state index contributed by atoms with van der Waals surface area (Å²) in [7, 11) is 1.88. The van der Waals surface area contributed by atoms with Crippen molar-refractivity contribution < 1.29 is 4.79 Å². The number of hydrogen-bond donors (Lipinski definition) is 1. The number of carbonyl (C=O) groups is 1. The number of rotatable bonds is 3. The Morgan fingerprint density at radius 2 is 2.10 bits per heavy atom. The molecule has 0 unspecified atom stereocenters. The molecule has 0 radical (unpaired) electrons. The Labute approximate surface area is 116 Å². The first-order valence-electron chi connectivity index (χ1n) is 6.35. The van der Waals surface area contributed by atoms with E-state index in [0.717, 1.165) is 16.7 Å². The SMILES string of the molecule is Cc1ccnn1CC(=O)Nc1nc2ccccc2n1C. The molecule has 3 rings (SSSR count). The number of nitrogens with one attached hydrogen (secondary N) is 1. The van der Waals surface area contributed by atoms with Gasteiger partial charge in [-0.25, -0.2) is 4.98 Å². The predicted molar refractivity (Wildman–Crippen MR) is 76.3 cm³/mol. The molecule has 1 amide bonds. The highest BCUT2D eigenvalue weighted by Gasteiger charge is 2.11. The van der Waals surface area contributed by atoms with E-state index >= 15 is 0 Å². The van der Waals surface area contributed by atoms with Crippen LogP contribution in [0, 0.1) is 6.92 Å². The molecule has 0 atom stereocenters. The number of para-hydroxylation sites is 2. The third kappa shape index (κ3) is 2.16. The number of amides is 1. The maximum absolute atomic E-state index is 12.0. The molecule has 0 fully saturated rings. The van der Waals surface area contributed by atoms with Crippen LogP contribution >= 0.6 is 0 Å². The third-order valence-corrected chi connectivity index (χ3v) is 3.26. The Bertz CT molecular complexity index is 771. The second kappa shape index (κ2) is 4.80. The monoisotopic (exact) mass is 269 g/mol. The van der Waals surface area contributed by atoms with Crippen molar-refractivity contribution in [3.63, 3.8) is 0 Å². The van der Waals surface area contributed by atoms with Gasteiger partial charge in [-0.05, 0) is 25.1 Å². The van der Waals surface area contributed by atoms with Gasteiger partial charge in [-0.2, -0.15) is 5.10 Å². The van der Waals surface area contributed by atoms with Crippen molar-refractivity contribution in [1.82, 2.24) is 19.3 Å². The summed E-state index contributed by atoms with van der Waals surface area (Å²) < 4.78 is 3.52. The van der Waals surface area contributed by atoms with E-state index in [1.54, 1.807) is 10.9 Å². The molecule has 6 heteroatoms. The minimum absolute atomic E-state index is 0.143. The normalized spacial score (nSPS) is 10.9. The molecule has 0 aliphatic heterocycles. The highest BCUT2D eigenvalue weighted by molar-refractivity contribution is 5.91. The van der Waals surface area contributed by atoms with Crippen LogP contribution in [0.3, 0.4) is 0 Å². The van der Waals surface area contributed by atoms with Crippen molar-refractivity contribution in [3.8, 4) is 0 Å². The molecule has 1 N–H and O–H groups in total. The number of imidazole rings is 1. The fourth-order valence-corrected chi connectivity index (χ4v) is 2.12. The van der Waals surface area contributed by atoms with Gasteiger partial charge in [0, 0.05) is 18.9 Å². The molecular formula is C14H15N5O. The van der Waals surface area contributed by atoms with Crippen molar-refractivity contribution in [2.45, 2.75) is 13.5 Å². The fraction of sp³-hybridized carbons (Fsp3) is 0.214. The summed E-state index contributed by atoms with van der Waals surface area (Å²) in [6.45, 7) is 2.09. The largest absolute Gasteiger partial charge is 0.313 e. The molecule has 0 saturated carbocycles. The quantitative estimate of drug-likeness (QED) is 0.787. The van der Waals surface area contributed by atoms with Gasteiger partial charge in [-0.1, -0.05) is 12.1 Å². The summed E-state index contributed by atoms with van der Waals surface area (Å²) in [5.41, 5.74) is 2.80. The summed E-state index contributed by atoms with van der Waals surface area (Å²) in [5, 5.41) is 6.91. The standard InChI is InChI=1S/C14H15N5O/c1-10-7-8-15-19(10)9-13(20)17-14-16-11-5-3-4-6-12(11)18(14)2/h3-8H,9H2,1-2H3,(H,16,17,20). The molecular weight excluding hydrogens is 254 g/mol. The first-order chi connectivity index (χ1) is 9.65. The molecule has 0 spiro atoms. The Kier molecular flexibility index (Phi) is 2.98. The lowest BCUT2D eigenvalue weighted by atomic mass is 10.3. The molecule has 0 bridgehead atoms. The van der Waals surface area contributed by atoms with Gasteiger partial charge < -0.3 is 4.57 Å². The minimum Gasteiger partial charge on any atom is -0.313 e. The number of benzene rings is 1. The summed E-state index contributed by atoms with van der Waals surface area (Å²) in [6.07, 6.45) is 1.68. The number of hydrogen-bond acceptors (Lipinski definition) is 3. The topological polar surface area (TPSA) is 64.7 Å². The van der Waals surface area contributed by atoms with E-state index in [-0.39, 0.29) is 12.5 Å². The van der Waals surface area contributed by atoms with E-state index in [1.165, 1.54) is 0 Å². The molecule has 0 aliphatic carbocycles. The second-order valence-corrected chi connectivity index (χ2v) is 4.66. The van der Waals surface area contributed by atoms with Crippen molar-refractivity contribution >= 4 is 22.9 Å². The molecule has 1 aromatic carbocycles. The predicted octanol–water partition coefficient (Wildman–Crippen LogP) is 1.72. The Morgan fingerprint density at radius 3 is 2.80 bits per heavy atom. The van der Waals surface area contributed by atoms with Crippen LogP contribution in [0.5, 0.6) is 0 Å². The van der Waals surface area contributed by atoms with Gasteiger partial charge in [0.25, 0.3) is 0 Å². The summed E-state index contributed by atoms with van der Waals surface area (Å²) in [4.78, 5) is 16.4. The van der Waals surface area contributed by atoms with E-state index < -0.39 is 0 Å². The number of aromatic nitrogens is 4. The van der Waals surface area contributed by atoms with Gasteiger partial charge in [0.05, 0.1) is 11.0 Å². The van der Waals surface area contributed by atoms with Crippen LogP contribution in [0.25, 0.3) is 11.0 Å². The minimum atomic E-state index is -0.143. The van der Waals surface area contributed by atoms with Crippen LogP contribution in [-0.4, -0.2) is 25.2 Å². The lowest BCUT2D eigenvalue weighted by Gasteiger charge is -2.06. The number of fused-ring (bicyclic) bond motifs is 1. The Morgan fingerprint density at radius 1 is 1.30 bits per heavy atom. The molecule has 20 heavy (non-hydrogen) atoms. The van der Waals surface area contributed by atoms with E-state index in [2.05, 4.69) is 15.4 Å². The molecule has 0 saturated heterocycles. The zero-order valence-corrected chi connectivity index (χ0v) is 11.4. The average Bonchev–Trinajstić information content (AvgIpc) is 2.96. The van der Waals surface area contributed by atoms with Gasteiger partial charge in [0.15, 0.2) is 0 Å². The molecule has 2 heterocycles. The van der Waals surface area contributed by atoms with Crippen LogP contribution < -0.4 is 5.32 Å². The molecule has 0 aliphatic rings. The summed E-state index contributed by atoms with van der Waals surface area (Å²) in [5.74, 6) is 0.399. The zero-order valence-electron chi connectivity index (χ0n) is 11.4. The van der Waals surface area contributed by atoms with Crippen molar-refractivity contribution in [2.24, 2.45) is 7.05 Å². The summed E-state index contributed by atoms with van der Waals surface area (Å²) in [6, 6.07) is 9.62. The van der Waals surface area contributed by atoms with E-state index in [0.29, 0.717) is 5.95 Å². The van der Waals surface area contributed by atoms with E-state index in [9.17, 15) is 4.79 Å². The van der Waals surface area contributed by atoms with Gasteiger partial charge in [-0.3, -0.25) is 14.8 Å². The fourth-order valence-electron chi connectivity index (χ4n) is 2.12. The first-order valence-corrected chi connectivity index (χ1v) is 6.35. The second-order valence-electron chi connectivity index (χ2n) is 4.66. The Balaban J connectivity index is 1.81. The maximum Gasteiger partial charge on any atom is 0.248 e. The molecule has 3 aromatic rings. The Hall–Kier alpha value is -2.63. The third-order valence-electron chi connectivity index (χ3n) is 3.26. The van der Waals surface area contributed by atoms with Crippen LogP contribution in [-0.2, 0) is 18.4 Å². The first kappa shape index (κ1) is 12.4. The van der Waals surface area contributed by atoms with Crippen LogP contribution in [0.4, 0.5) is 5.95 Å². The zero-order chi connectivity index (χ0) is 14.1. The van der Waals surface area contributed by atoms with Gasteiger partial charge in [-0.15, -0.1) is 0 Å². The smallest absolute Gasteiger partial charge is 0.248 e. The van der Waals surface area contributed by atoms with Gasteiger partial charge >= 0.3 is 0 Å². The van der Waals surface area contributed by atoms with Crippen LogP contribution in [0.15, 0.2) is 36.5 Å². The van der Waals surface area contributed by atoms with Gasteiger partial charge in [0.2, 0.25) is 11.9 Å². The van der Waals surface area contributed by atoms with Crippen molar-refractivity contribution in [1.29, 1.82) is 0 Å². The van der Waals surface area contributed by atoms with Crippen molar-refractivity contribution in [2.75, 3.05) is 5.32 Å². The number of carbonyl (C=O) groups excluding carboxylic acids is 1. The highest BCUT2D eigenvalue weighted by atomic mass is 16.2. The number of aryl methyl sites for hydroxylation is 2. The number of nitrogens with zero attached hydrogens (tertiary/aromatic N) is 4. The highest BCUT2D eigenvalue weighted by Crippen LogP contribution is 2.17. The van der Waals surface area contributed by atoms with E-state index in [1.807, 2.05) is 48.9 Å². The van der Waals surface area contributed by atoms with E-state index in [4.69, 9.17) is 0 Å². The van der Waals surface area contributed by atoms with Crippen molar-refractivity contribution in [3.05, 3.63) is 42.2 Å². The molecule has 6 nitrogen and oxygen atoms in total. The maximum atomic E-state index is 12.0. The average molecular weight is 269 g/mol. The lowest BCUT2D eigenvalue weighted by Crippen LogP contribution is -2.21. The van der Waals surface area contributed by atoms with Gasteiger partial charge in [0.1, 0.15) is 6.54 Å².